The first-order valence-electron chi connectivity index (χ1n) is 12.1. The van der Waals surface area contributed by atoms with E-state index >= 15 is 0 Å². The van der Waals surface area contributed by atoms with Crippen LogP contribution in [-0.4, -0.2) is 43.0 Å². The molecule has 4 heterocycles. The average molecular weight is 458 g/mol. The molecule has 1 aromatic carbocycles. The number of imidazole rings is 1. The maximum Gasteiger partial charge on any atom is 0.259 e. The van der Waals surface area contributed by atoms with Gasteiger partial charge < -0.3 is 14.0 Å². The van der Waals surface area contributed by atoms with Gasteiger partial charge in [0.2, 0.25) is 5.43 Å². The monoisotopic (exact) mass is 457 g/mol. The van der Waals surface area contributed by atoms with Crippen LogP contribution in [0.1, 0.15) is 46.9 Å². The van der Waals surface area contributed by atoms with Gasteiger partial charge >= 0.3 is 0 Å². The smallest absolute Gasteiger partial charge is 0.259 e. The molecule has 0 bridgehead atoms. The number of hydrogen-bond donors (Lipinski definition) is 0. The van der Waals surface area contributed by atoms with Crippen molar-refractivity contribution in [2.45, 2.75) is 53.6 Å². The molecular formula is C27H31N5O2. The van der Waals surface area contributed by atoms with Crippen molar-refractivity contribution in [2.24, 2.45) is 5.92 Å². The van der Waals surface area contributed by atoms with Gasteiger partial charge in [-0.15, -0.1) is 0 Å². The summed E-state index contributed by atoms with van der Waals surface area (Å²) < 4.78 is 4.14. The number of carbonyl (C=O) groups is 1. The number of likely N-dealkylation sites (tertiary alicyclic amines) is 1. The molecule has 1 amide bonds. The Morgan fingerprint density at radius 1 is 1.06 bits per heavy atom. The molecule has 34 heavy (non-hydrogen) atoms. The van der Waals surface area contributed by atoms with Crippen molar-refractivity contribution >= 4 is 28.0 Å². The van der Waals surface area contributed by atoms with E-state index in [0.29, 0.717) is 36.6 Å². The summed E-state index contributed by atoms with van der Waals surface area (Å²) >= 11 is 0. The van der Waals surface area contributed by atoms with Crippen LogP contribution < -0.4 is 5.43 Å². The van der Waals surface area contributed by atoms with E-state index in [-0.39, 0.29) is 16.9 Å². The van der Waals surface area contributed by atoms with Crippen molar-refractivity contribution in [2.75, 3.05) is 13.1 Å². The van der Waals surface area contributed by atoms with E-state index in [1.54, 1.807) is 12.3 Å². The Kier molecular flexibility index (Phi) is 5.71. The van der Waals surface area contributed by atoms with Crippen molar-refractivity contribution < 1.29 is 4.79 Å². The second kappa shape index (κ2) is 8.70. The molecule has 0 N–H and O–H groups in total. The second-order valence-corrected chi connectivity index (χ2v) is 9.54. The fraction of sp³-hybridized carbons (Fsp3) is 0.407. The number of aryl methyl sites for hydroxylation is 4. The molecule has 0 atom stereocenters. The molecule has 0 spiro atoms. The Bertz CT molecular complexity index is 1460. The Balaban J connectivity index is 1.32. The van der Waals surface area contributed by atoms with E-state index in [9.17, 15) is 9.59 Å². The summed E-state index contributed by atoms with van der Waals surface area (Å²) in [7, 11) is 0. The normalized spacial score (nSPS) is 14.9. The number of benzene rings is 1. The van der Waals surface area contributed by atoms with Crippen LogP contribution in [0.2, 0.25) is 0 Å². The Labute approximate surface area is 199 Å². The Morgan fingerprint density at radius 3 is 2.53 bits per heavy atom. The molecule has 0 aliphatic carbocycles. The van der Waals surface area contributed by atoms with Gasteiger partial charge in [-0.1, -0.05) is 0 Å². The van der Waals surface area contributed by atoms with Crippen LogP contribution in [0.3, 0.4) is 0 Å². The van der Waals surface area contributed by atoms with Gasteiger partial charge in [-0.3, -0.25) is 9.59 Å². The van der Waals surface area contributed by atoms with Gasteiger partial charge in [0.25, 0.3) is 5.91 Å². The standard InChI is InChI=1S/C27H31N5O2/c1-5-30-15-22(25(33)21-7-6-19(4)29-26(21)30)27(34)31-10-8-20(9-11-31)14-32-16-28-23-12-17(2)18(3)13-24(23)32/h6-7,12-13,15-16,20H,5,8-11,14H2,1-4H3. The lowest BCUT2D eigenvalue weighted by atomic mass is 9.96. The number of hydrogen-bond acceptors (Lipinski definition) is 4. The lowest BCUT2D eigenvalue weighted by molar-refractivity contribution is 0.0681. The van der Waals surface area contributed by atoms with E-state index in [2.05, 4.69) is 40.5 Å². The van der Waals surface area contributed by atoms with Crippen LogP contribution in [0.5, 0.6) is 0 Å². The van der Waals surface area contributed by atoms with Crippen molar-refractivity contribution in [3.8, 4) is 0 Å². The molecular weight excluding hydrogens is 426 g/mol. The van der Waals surface area contributed by atoms with Gasteiger partial charge in [0.05, 0.1) is 22.7 Å². The minimum Gasteiger partial charge on any atom is -0.338 e. The molecule has 0 radical (unpaired) electrons. The largest absolute Gasteiger partial charge is 0.338 e. The number of aromatic nitrogens is 4. The van der Waals surface area contributed by atoms with Gasteiger partial charge in [-0.2, -0.15) is 0 Å². The number of piperidine rings is 1. The number of pyridine rings is 2. The highest BCUT2D eigenvalue weighted by Crippen LogP contribution is 2.24. The second-order valence-electron chi connectivity index (χ2n) is 9.54. The van der Waals surface area contributed by atoms with Crippen molar-refractivity contribution in [3.05, 3.63) is 69.4 Å². The lowest BCUT2D eigenvalue weighted by Crippen LogP contribution is -2.41. The Morgan fingerprint density at radius 2 is 1.79 bits per heavy atom. The van der Waals surface area contributed by atoms with E-state index in [1.165, 1.54) is 16.6 Å². The zero-order chi connectivity index (χ0) is 24.0. The highest BCUT2D eigenvalue weighted by molar-refractivity contribution is 5.97. The van der Waals surface area contributed by atoms with Crippen LogP contribution in [0.4, 0.5) is 0 Å². The predicted molar refractivity (Wildman–Crippen MR) is 134 cm³/mol. The minimum atomic E-state index is -0.227. The zero-order valence-corrected chi connectivity index (χ0v) is 20.3. The summed E-state index contributed by atoms with van der Waals surface area (Å²) in [5.74, 6) is 0.298. The summed E-state index contributed by atoms with van der Waals surface area (Å²) in [6.07, 6.45) is 5.44. The average Bonchev–Trinajstić information content (AvgIpc) is 3.20. The molecule has 1 aliphatic heterocycles. The third-order valence-electron chi connectivity index (χ3n) is 7.22. The number of rotatable bonds is 4. The summed E-state index contributed by atoms with van der Waals surface area (Å²) in [5, 5.41) is 0.505. The maximum absolute atomic E-state index is 13.3. The third kappa shape index (κ3) is 3.89. The first-order chi connectivity index (χ1) is 16.4. The third-order valence-corrected chi connectivity index (χ3v) is 7.22. The van der Waals surface area contributed by atoms with Crippen LogP contribution in [-0.2, 0) is 13.1 Å². The molecule has 4 aromatic rings. The number of fused-ring (bicyclic) bond motifs is 2. The van der Waals surface area contributed by atoms with Crippen LogP contribution in [0, 0.1) is 26.7 Å². The van der Waals surface area contributed by atoms with Crippen molar-refractivity contribution in [1.29, 1.82) is 0 Å². The molecule has 7 heteroatoms. The van der Waals surface area contributed by atoms with Crippen molar-refractivity contribution in [1.82, 2.24) is 24.0 Å². The van der Waals surface area contributed by atoms with Gasteiger partial charge in [-0.25, -0.2) is 9.97 Å². The van der Waals surface area contributed by atoms with E-state index < -0.39 is 0 Å². The van der Waals surface area contributed by atoms with Crippen LogP contribution in [0.15, 0.2) is 41.6 Å². The number of carbonyl (C=O) groups excluding carboxylic acids is 1. The first-order valence-corrected chi connectivity index (χ1v) is 12.1. The topological polar surface area (TPSA) is 73.0 Å². The first kappa shape index (κ1) is 22.3. The van der Waals surface area contributed by atoms with Gasteiger partial charge in [0.1, 0.15) is 11.2 Å². The fourth-order valence-corrected chi connectivity index (χ4v) is 4.98. The van der Waals surface area contributed by atoms with Gasteiger partial charge in [-0.05, 0) is 81.8 Å². The molecule has 176 valence electrons. The fourth-order valence-electron chi connectivity index (χ4n) is 4.98. The number of amides is 1. The molecule has 0 unspecified atom stereocenters. The minimum absolute atomic E-state index is 0.174. The predicted octanol–water partition coefficient (Wildman–Crippen LogP) is 4.24. The summed E-state index contributed by atoms with van der Waals surface area (Å²) in [6.45, 7) is 11.0. The van der Waals surface area contributed by atoms with Gasteiger partial charge in [0, 0.05) is 38.1 Å². The van der Waals surface area contributed by atoms with E-state index in [0.717, 1.165) is 30.6 Å². The summed E-state index contributed by atoms with van der Waals surface area (Å²) in [4.78, 5) is 37.4. The van der Waals surface area contributed by atoms with E-state index in [4.69, 9.17) is 0 Å². The highest BCUT2D eigenvalue weighted by Gasteiger charge is 2.27. The summed E-state index contributed by atoms with van der Waals surface area (Å²) in [5.41, 5.74) is 6.23. The maximum atomic E-state index is 13.3. The van der Waals surface area contributed by atoms with Crippen molar-refractivity contribution in [3.63, 3.8) is 0 Å². The van der Waals surface area contributed by atoms with Crippen LogP contribution in [0.25, 0.3) is 22.1 Å². The molecule has 7 nitrogen and oxygen atoms in total. The zero-order valence-electron chi connectivity index (χ0n) is 20.3. The molecule has 0 saturated carbocycles. The molecule has 1 saturated heterocycles. The van der Waals surface area contributed by atoms with E-state index in [1.807, 2.05) is 35.7 Å². The quantitative estimate of drug-likeness (QED) is 0.459. The summed E-state index contributed by atoms with van der Waals surface area (Å²) in [6, 6.07) is 7.97. The highest BCUT2D eigenvalue weighted by atomic mass is 16.2. The lowest BCUT2D eigenvalue weighted by Gasteiger charge is -2.32. The Hall–Kier alpha value is -3.48. The van der Waals surface area contributed by atoms with Gasteiger partial charge in [0.15, 0.2) is 0 Å². The molecule has 5 rings (SSSR count). The molecule has 3 aromatic heterocycles. The molecule has 1 aliphatic rings. The molecule has 1 fully saturated rings. The SMILES string of the molecule is CCn1cc(C(=O)N2CCC(Cn3cnc4cc(C)c(C)cc43)CC2)c(=O)c2ccc(C)nc21. The van der Waals surface area contributed by atoms with Crippen LogP contribution >= 0.6 is 0 Å². The number of nitrogens with zero attached hydrogens (tertiary/aromatic N) is 5.